The molecule has 0 spiro atoms. The molecule has 0 aromatic carbocycles. The number of aromatic nitrogens is 24. The van der Waals surface area contributed by atoms with E-state index in [-0.39, 0.29) is 0 Å². The van der Waals surface area contributed by atoms with Crippen LogP contribution < -0.4 is 0 Å². The van der Waals surface area contributed by atoms with Gasteiger partial charge in [-0.15, -0.1) is 40.8 Å². The van der Waals surface area contributed by atoms with Crippen LogP contribution in [0.15, 0.2) is 49.6 Å². The van der Waals surface area contributed by atoms with Crippen molar-refractivity contribution in [2.24, 2.45) is 94.7 Å². The molecule has 8 heterocycles. The van der Waals surface area contributed by atoms with E-state index >= 15 is 0 Å². The van der Waals surface area contributed by atoms with Crippen LogP contribution in [-0.4, -0.2) is 120 Å². The van der Waals surface area contributed by atoms with Crippen LogP contribution in [0.2, 0.25) is 0 Å². The molecule has 0 saturated heterocycles. The zero-order chi connectivity index (χ0) is 96.4. The Morgan fingerprint density at radius 3 is 0.674 bits per heavy atom. The Morgan fingerprint density at radius 1 is 0.178 bits per heavy atom. The number of nitrogens with zero attached hydrogens (tertiary/aromatic N) is 24. The molecular formula is C105H202N24. The van der Waals surface area contributed by atoms with E-state index < -0.39 is 0 Å². The Labute approximate surface area is 791 Å². The highest BCUT2D eigenvalue weighted by molar-refractivity contribution is 4.99. The van der Waals surface area contributed by atoms with Gasteiger partial charge in [0.1, 0.15) is 0 Å². The number of rotatable bonds is 57. The first-order chi connectivity index (χ1) is 61.2. The maximum Gasteiger partial charge on any atom is 0.0827 e. The summed E-state index contributed by atoms with van der Waals surface area (Å²) >= 11 is 0. The summed E-state index contributed by atoms with van der Waals surface area (Å²) in [5.41, 5.74) is 9.75. The lowest BCUT2D eigenvalue weighted by Gasteiger charge is -2.08. The molecule has 0 atom stereocenters. The minimum absolute atomic E-state index is 0.634. The Bertz CT molecular complexity index is 3720. The highest BCUT2D eigenvalue weighted by Crippen LogP contribution is 2.19. The van der Waals surface area contributed by atoms with Gasteiger partial charge in [0.2, 0.25) is 0 Å². The van der Waals surface area contributed by atoms with Crippen molar-refractivity contribution in [2.45, 2.75) is 486 Å². The third-order valence-electron chi connectivity index (χ3n) is 22.0. The summed E-state index contributed by atoms with van der Waals surface area (Å²) in [7, 11) is 0. The molecule has 8 aromatic heterocycles. The van der Waals surface area contributed by atoms with Crippen LogP contribution in [0.4, 0.5) is 0 Å². The number of hydrogen-bond donors (Lipinski definition) is 0. The van der Waals surface area contributed by atoms with Crippen molar-refractivity contribution in [1.29, 1.82) is 0 Å². The largest absolute Gasteiger partial charge is 0.252 e. The smallest absolute Gasteiger partial charge is 0.0827 e. The fraction of sp³-hybridized carbons (Fsp3) is 0.848. The minimum Gasteiger partial charge on any atom is -0.252 e. The predicted octanol–water partition coefficient (Wildman–Crippen LogP) is 26.8. The molecule has 0 saturated carbocycles. The molecule has 8 rings (SSSR count). The van der Waals surface area contributed by atoms with Gasteiger partial charge in [0.15, 0.2) is 0 Å². The fourth-order valence-corrected chi connectivity index (χ4v) is 14.3. The summed E-state index contributed by atoms with van der Waals surface area (Å²) in [6.07, 6.45) is 56.4. The SMILES string of the molecule is CC(C)CCCCc1cn(CC(C)C)nn1.CC(C)CCCCc1cnnn1CC(C)C.CC(C)CCCCc1cnnn1CCC(C)C.CC(C)CCCCc1cnnn1CCCC(C)C.CC(C)CCCc1cn(CC(C)C)nn1.CC(C)CCCc1cn(CC(C)C)nn1.CC(C)CCCc1cn(CCC(C)C)nn1.CC(C)CCCc1cnnn1CCC(C)C. The first kappa shape index (κ1) is 120. The van der Waals surface area contributed by atoms with Crippen LogP contribution in [0.25, 0.3) is 0 Å². The monoisotopic (exact) mass is 1800 g/mol. The van der Waals surface area contributed by atoms with Gasteiger partial charge in [0.05, 0.1) is 70.3 Å². The molecule has 0 aliphatic rings. The molecule has 8 aromatic rings. The predicted molar refractivity (Wildman–Crippen MR) is 543 cm³/mol. The summed E-state index contributed by atoms with van der Waals surface area (Å²) in [5.74, 6) is 11.9. The molecule has 0 unspecified atom stereocenters. The Balaban J connectivity index is 0.000000738. The molecule has 0 amide bonds. The van der Waals surface area contributed by atoms with Crippen LogP contribution in [-0.2, 0) is 104 Å². The van der Waals surface area contributed by atoms with Crippen LogP contribution in [0.5, 0.6) is 0 Å². The van der Waals surface area contributed by atoms with E-state index in [1.165, 1.54) is 183 Å². The van der Waals surface area contributed by atoms with E-state index in [9.17, 15) is 0 Å². The van der Waals surface area contributed by atoms with E-state index in [2.05, 4.69) is 348 Å². The third-order valence-corrected chi connectivity index (χ3v) is 22.0. The zero-order valence-electron chi connectivity index (χ0n) is 89.6. The van der Waals surface area contributed by atoms with Crippen molar-refractivity contribution in [3.8, 4) is 0 Å². The van der Waals surface area contributed by atoms with Gasteiger partial charge in [-0.1, -0.05) is 340 Å². The van der Waals surface area contributed by atoms with E-state index in [0.717, 1.165) is 198 Å². The summed E-state index contributed by atoms with van der Waals surface area (Å²) in [4.78, 5) is 0. The average Bonchev–Trinajstić information content (AvgIpc) is 1.77. The second-order valence-corrected chi connectivity index (χ2v) is 43.9. The van der Waals surface area contributed by atoms with Gasteiger partial charge in [-0.05, 0) is 230 Å². The Morgan fingerprint density at radius 2 is 0.388 bits per heavy atom. The van der Waals surface area contributed by atoms with Gasteiger partial charge in [0, 0.05) is 77.1 Å². The summed E-state index contributed by atoms with van der Waals surface area (Å²) in [6.45, 7) is 79.9. The molecule has 0 aliphatic heterocycles. The van der Waals surface area contributed by atoms with E-state index in [1.54, 1.807) is 0 Å². The van der Waals surface area contributed by atoms with Gasteiger partial charge in [-0.25, -0.2) is 18.7 Å². The maximum absolute atomic E-state index is 4.20. The fourth-order valence-electron chi connectivity index (χ4n) is 14.3. The number of hydrogen-bond acceptors (Lipinski definition) is 16. The molecule has 24 nitrogen and oxygen atoms in total. The lowest BCUT2D eigenvalue weighted by atomic mass is 10.0. The standard InChI is InChI=1S/C15H29N3.C14H27N3.4C13H25N3.2C12H23N3/c1-13(2)8-5-6-10-15-12-16-17-18(15)11-7-9-14(3)4;1-12(2)7-5-6-8-14-11-15-16-17(14)10-9-13(3)4;1-11(2)6-5-7-13-10-16(15-14-13)9-8-12(3)4;1-11(2)6-5-7-13-10-14-15-16(13)9-8-12(3)4;1-11(2)7-5-6-8-13-9-14-15-16(13)10-12(3)4;1-11(2)7-5-6-8-13-10-16(15-14-13)9-12(3)4;2*1-10(2)6-5-7-12-9-15(14-13-12)8-11(3)4/h12-14H,5-11H2,1-4H3;11-13H,5-10H2,1-4H3;2*10-12H,5-9H2,1-4H3;9,11-12H,5-8,10H2,1-4H3;10-12H,5-9H2,1-4H3;2*9-11H,5-8H2,1-4H3. The van der Waals surface area contributed by atoms with Gasteiger partial charge in [0.25, 0.3) is 0 Å². The van der Waals surface area contributed by atoms with Crippen molar-refractivity contribution >= 4 is 0 Å². The van der Waals surface area contributed by atoms with Crippen molar-refractivity contribution in [3.63, 3.8) is 0 Å². The number of unbranched alkanes of at least 4 members (excludes halogenated alkanes) is 4. The Hall–Kier alpha value is -6.88. The molecule has 24 heteroatoms. The molecule has 0 N–H and O–H groups in total. The van der Waals surface area contributed by atoms with Crippen molar-refractivity contribution in [3.05, 3.63) is 95.1 Å². The van der Waals surface area contributed by atoms with E-state index in [0.29, 0.717) is 23.7 Å². The van der Waals surface area contributed by atoms with Crippen LogP contribution in [0, 0.1) is 94.7 Å². The second-order valence-electron chi connectivity index (χ2n) is 43.9. The second kappa shape index (κ2) is 73.6. The van der Waals surface area contributed by atoms with Crippen molar-refractivity contribution in [1.82, 2.24) is 120 Å². The topological polar surface area (TPSA) is 246 Å². The highest BCUT2D eigenvalue weighted by atomic mass is 15.5. The average molecular weight is 1800 g/mol. The van der Waals surface area contributed by atoms with Gasteiger partial charge in [-0.2, -0.15) is 0 Å². The first-order valence-corrected chi connectivity index (χ1v) is 52.2. The van der Waals surface area contributed by atoms with Crippen LogP contribution in [0.1, 0.15) is 428 Å². The van der Waals surface area contributed by atoms with Crippen LogP contribution in [0.3, 0.4) is 0 Å². The first-order valence-electron chi connectivity index (χ1n) is 52.2. The summed E-state index contributed by atoms with van der Waals surface area (Å²) < 4.78 is 16.1. The third kappa shape index (κ3) is 68.7. The Kier molecular flexibility index (Phi) is 68.5. The van der Waals surface area contributed by atoms with Gasteiger partial charge < -0.3 is 0 Å². The van der Waals surface area contributed by atoms with Crippen molar-refractivity contribution in [2.75, 3.05) is 0 Å². The normalized spacial score (nSPS) is 11.6. The van der Waals surface area contributed by atoms with E-state index in [4.69, 9.17) is 0 Å². The van der Waals surface area contributed by atoms with Crippen LogP contribution >= 0.6 is 0 Å². The molecule has 0 fully saturated rings. The summed E-state index contributed by atoms with van der Waals surface area (Å²) in [6, 6.07) is 0. The molecule has 0 bridgehead atoms. The molecule has 742 valence electrons. The maximum atomic E-state index is 4.20. The molecule has 129 heavy (non-hydrogen) atoms. The zero-order valence-corrected chi connectivity index (χ0v) is 89.6. The van der Waals surface area contributed by atoms with E-state index in [1.807, 2.05) is 43.5 Å². The highest BCUT2D eigenvalue weighted by Gasteiger charge is 2.14. The number of aryl methyl sites for hydroxylation is 12. The summed E-state index contributed by atoms with van der Waals surface area (Å²) in [5, 5.41) is 66.0. The lowest BCUT2D eigenvalue weighted by Crippen LogP contribution is -2.10. The molecule has 0 radical (unpaired) electrons. The minimum atomic E-state index is 0.634. The molecule has 0 aliphatic carbocycles. The van der Waals surface area contributed by atoms with Gasteiger partial charge in [-0.3, -0.25) is 18.7 Å². The van der Waals surface area contributed by atoms with Crippen molar-refractivity contribution < 1.29 is 0 Å². The lowest BCUT2D eigenvalue weighted by molar-refractivity contribution is 0.452. The van der Waals surface area contributed by atoms with Gasteiger partial charge >= 0.3 is 0 Å². The molecular weight excluding hydrogens is 1600 g/mol. The quantitative estimate of drug-likeness (QED) is 0.0322.